The van der Waals surface area contributed by atoms with E-state index in [9.17, 15) is 0 Å². The second kappa shape index (κ2) is 4.66. The summed E-state index contributed by atoms with van der Waals surface area (Å²) in [5.41, 5.74) is 0. The van der Waals surface area contributed by atoms with Crippen LogP contribution >= 0.6 is 0 Å². The minimum atomic E-state index is 0.490. The molecule has 0 radical (unpaired) electrons. The van der Waals surface area contributed by atoms with Crippen LogP contribution in [0.5, 0.6) is 0 Å². The Morgan fingerprint density at radius 1 is 1.50 bits per heavy atom. The lowest BCUT2D eigenvalue weighted by Crippen LogP contribution is -2.29. The largest absolute Gasteiger partial charge is 0.381 e. The third kappa shape index (κ3) is 2.34. The Morgan fingerprint density at radius 2 is 2.25 bits per heavy atom. The quantitative estimate of drug-likeness (QED) is 0.589. The molecule has 3 unspecified atom stereocenters. The number of hydrogen-bond acceptors (Lipinski definition) is 1. The van der Waals surface area contributed by atoms with Crippen molar-refractivity contribution in [2.24, 2.45) is 11.8 Å². The molecular formula is C11H20O. The standard InChI is InChI=1S/C11H20O/c1-4-5-10-7-6-9(2)11(8-10)12-3/h4,9-11H,1,5-8H2,2-3H3. The first-order valence-electron chi connectivity index (χ1n) is 4.91. The summed E-state index contributed by atoms with van der Waals surface area (Å²) < 4.78 is 5.45. The maximum Gasteiger partial charge on any atom is 0.0599 e. The fourth-order valence-corrected chi connectivity index (χ4v) is 2.14. The molecule has 0 aromatic carbocycles. The van der Waals surface area contributed by atoms with E-state index in [0.29, 0.717) is 6.10 Å². The number of methoxy groups -OCH3 is 1. The highest BCUT2D eigenvalue weighted by atomic mass is 16.5. The number of allylic oxidation sites excluding steroid dienone is 1. The molecule has 1 fully saturated rings. The van der Waals surface area contributed by atoms with Crippen LogP contribution < -0.4 is 0 Å². The monoisotopic (exact) mass is 168 g/mol. The van der Waals surface area contributed by atoms with E-state index in [-0.39, 0.29) is 0 Å². The first kappa shape index (κ1) is 9.79. The van der Waals surface area contributed by atoms with Gasteiger partial charge in [-0.2, -0.15) is 0 Å². The molecule has 1 aliphatic carbocycles. The van der Waals surface area contributed by atoms with Gasteiger partial charge < -0.3 is 4.74 Å². The summed E-state index contributed by atoms with van der Waals surface area (Å²) in [6, 6.07) is 0. The van der Waals surface area contributed by atoms with E-state index in [0.717, 1.165) is 18.3 Å². The fraction of sp³-hybridized carbons (Fsp3) is 0.818. The van der Waals surface area contributed by atoms with Gasteiger partial charge in [0.25, 0.3) is 0 Å². The zero-order valence-electron chi connectivity index (χ0n) is 8.25. The predicted molar refractivity (Wildman–Crippen MR) is 52.1 cm³/mol. The van der Waals surface area contributed by atoms with E-state index in [1.165, 1.54) is 19.3 Å². The molecule has 0 saturated heterocycles. The Morgan fingerprint density at radius 3 is 2.83 bits per heavy atom. The smallest absolute Gasteiger partial charge is 0.0599 e. The van der Waals surface area contributed by atoms with Crippen molar-refractivity contribution in [3.8, 4) is 0 Å². The van der Waals surface area contributed by atoms with Crippen LogP contribution in [0.1, 0.15) is 32.6 Å². The first-order valence-corrected chi connectivity index (χ1v) is 4.91. The highest BCUT2D eigenvalue weighted by Gasteiger charge is 2.26. The van der Waals surface area contributed by atoms with Crippen molar-refractivity contribution in [1.82, 2.24) is 0 Å². The van der Waals surface area contributed by atoms with Crippen molar-refractivity contribution < 1.29 is 4.74 Å². The summed E-state index contributed by atoms with van der Waals surface area (Å²) in [6.07, 6.45) is 7.58. The van der Waals surface area contributed by atoms with Crippen LogP contribution in [0.15, 0.2) is 12.7 Å². The van der Waals surface area contributed by atoms with E-state index in [1.807, 2.05) is 13.2 Å². The molecule has 1 rings (SSSR count). The predicted octanol–water partition coefficient (Wildman–Crippen LogP) is 3.01. The van der Waals surface area contributed by atoms with Gasteiger partial charge in [-0.1, -0.05) is 13.0 Å². The fourth-order valence-electron chi connectivity index (χ4n) is 2.14. The zero-order valence-corrected chi connectivity index (χ0v) is 8.25. The van der Waals surface area contributed by atoms with Crippen molar-refractivity contribution in [2.75, 3.05) is 7.11 Å². The van der Waals surface area contributed by atoms with Gasteiger partial charge in [0.2, 0.25) is 0 Å². The van der Waals surface area contributed by atoms with Crippen LogP contribution in [0.2, 0.25) is 0 Å². The average molecular weight is 168 g/mol. The van der Waals surface area contributed by atoms with Crippen molar-refractivity contribution in [2.45, 2.75) is 38.7 Å². The van der Waals surface area contributed by atoms with Gasteiger partial charge in [-0.05, 0) is 37.5 Å². The average Bonchev–Trinajstić information content (AvgIpc) is 2.09. The SMILES string of the molecule is C=CCC1CCC(C)C(OC)C1. The molecule has 12 heavy (non-hydrogen) atoms. The summed E-state index contributed by atoms with van der Waals surface area (Å²) in [4.78, 5) is 0. The summed E-state index contributed by atoms with van der Waals surface area (Å²) in [5.74, 6) is 1.57. The molecule has 0 heterocycles. The van der Waals surface area contributed by atoms with Gasteiger partial charge in [-0.3, -0.25) is 0 Å². The molecule has 0 bridgehead atoms. The molecule has 0 N–H and O–H groups in total. The highest BCUT2D eigenvalue weighted by molar-refractivity contribution is 4.82. The first-order chi connectivity index (χ1) is 5.77. The summed E-state index contributed by atoms with van der Waals surface area (Å²) >= 11 is 0. The molecule has 3 atom stereocenters. The van der Waals surface area contributed by atoms with Crippen LogP contribution in [-0.4, -0.2) is 13.2 Å². The van der Waals surface area contributed by atoms with Crippen LogP contribution in [0.4, 0.5) is 0 Å². The Bertz CT molecular complexity index is 142. The van der Waals surface area contributed by atoms with Gasteiger partial charge in [0.15, 0.2) is 0 Å². The van der Waals surface area contributed by atoms with E-state index >= 15 is 0 Å². The van der Waals surface area contributed by atoms with E-state index < -0.39 is 0 Å². The minimum absolute atomic E-state index is 0.490. The molecule has 0 aliphatic heterocycles. The van der Waals surface area contributed by atoms with E-state index in [2.05, 4.69) is 13.5 Å². The Balaban J connectivity index is 2.38. The second-order valence-electron chi connectivity index (χ2n) is 3.95. The molecule has 1 nitrogen and oxygen atoms in total. The van der Waals surface area contributed by atoms with Gasteiger partial charge in [0, 0.05) is 7.11 Å². The lowest BCUT2D eigenvalue weighted by atomic mass is 9.79. The van der Waals surface area contributed by atoms with Gasteiger partial charge in [-0.25, -0.2) is 0 Å². The van der Waals surface area contributed by atoms with Gasteiger partial charge in [-0.15, -0.1) is 6.58 Å². The van der Waals surface area contributed by atoms with Crippen LogP contribution in [0.3, 0.4) is 0 Å². The highest BCUT2D eigenvalue weighted by Crippen LogP contribution is 2.32. The number of ether oxygens (including phenoxy) is 1. The summed E-state index contributed by atoms with van der Waals surface area (Å²) in [5, 5.41) is 0. The van der Waals surface area contributed by atoms with E-state index in [4.69, 9.17) is 4.74 Å². The Kier molecular flexibility index (Phi) is 3.80. The summed E-state index contributed by atoms with van der Waals surface area (Å²) in [7, 11) is 1.83. The molecule has 0 aromatic heterocycles. The molecule has 1 aliphatic rings. The second-order valence-corrected chi connectivity index (χ2v) is 3.95. The maximum atomic E-state index is 5.45. The van der Waals surface area contributed by atoms with Gasteiger partial charge in [0.1, 0.15) is 0 Å². The molecular weight excluding hydrogens is 148 g/mol. The molecule has 0 amide bonds. The van der Waals surface area contributed by atoms with Crippen molar-refractivity contribution in [3.63, 3.8) is 0 Å². The summed E-state index contributed by atoms with van der Waals surface area (Å²) in [6.45, 7) is 6.07. The topological polar surface area (TPSA) is 9.23 Å². The Hall–Kier alpha value is -0.300. The molecule has 1 heteroatoms. The van der Waals surface area contributed by atoms with Crippen LogP contribution in [-0.2, 0) is 4.74 Å². The van der Waals surface area contributed by atoms with Crippen molar-refractivity contribution in [3.05, 3.63) is 12.7 Å². The molecule has 70 valence electrons. The molecule has 0 spiro atoms. The maximum absolute atomic E-state index is 5.45. The third-order valence-corrected chi connectivity index (χ3v) is 3.03. The van der Waals surface area contributed by atoms with Gasteiger partial charge >= 0.3 is 0 Å². The lowest BCUT2D eigenvalue weighted by Gasteiger charge is -2.32. The molecule has 0 aromatic rings. The lowest BCUT2D eigenvalue weighted by molar-refractivity contribution is 0.0121. The minimum Gasteiger partial charge on any atom is -0.381 e. The normalized spacial score (nSPS) is 36.3. The van der Waals surface area contributed by atoms with Crippen molar-refractivity contribution >= 4 is 0 Å². The van der Waals surface area contributed by atoms with Gasteiger partial charge in [0.05, 0.1) is 6.10 Å². The van der Waals surface area contributed by atoms with Crippen LogP contribution in [0, 0.1) is 11.8 Å². The third-order valence-electron chi connectivity index (χ3n) is 3.03. The zero-order chi connectivity index (χ0) is 8.97. The van der Waals surface area contributed by atoms with E-state index in [1.54, 1.807) is 0 Å². The van der Waals surface area contributed by atoms with Crippen molar-refractivity contribution in [1.29, 1.82) is 0 Å². The number of rotatable bonds is 3. The van der Waals surface area contributed by atoms with Crippen LogP contribution in [0.25, 0.3) is 0 Å². The molecule has 1 saturated carbocycles. The number of hydrogen-bond donors (Lipinski definition) is 0. The Labute approximate surface area is 75.8 Å².